The van der Waals surface area contributed by atoms with Crippen molar-refractivity contribution in [2.24, 2.45) is 0 Å². The van der Waals surface area contributed by atoms with Gasteiger partial charge in [0.2, 0.25) is 0 Å². The molecule has 48 valence electrons. The second-order valence-corrected chi connectivity index (χ2v) is 1.96. The normalized spacial score (nSPS) is 9.20. The van der Waals surface area contributed by atoms with Crippen molar-refractivity contribution in [3.63, 3.8) is 0 Å². The predicted octanol–water partition coefficient (Wildman–Crippen LogP) is 1.18. The molecule has 2 aromatic rings. The van der Waals surface area contributed by atoms with Gasteiger partial charge in [-0.2, -0.15) is 5.10 Å². The van der Waals surface area contributed by atoms with E-state index in [4.69, 9.17) is 0 Å². The van der Waals surface area contributed by atoms with Crippen LogP contribution in [0.25, 0.3) is 10.9 Å². The monoisotopic (exact) mass is 146 g/mol. The zero-order valence-electron chi connectivity index (χ0n) is 5.33. The van der Waals surface area contributed by atoms with E-state index in [0.29, 0.717) is 0 Å². The number of fused-ring (bicyclic) bond motifs is 1. The van der Waals surface area contributed by atoms with Crippen LogP contribution in [0.1, 0.15) is 0 Å². The molecule has 0 bridgehead atoms. The summed E-state index contributed by atoms with van der Waals surface area (Å²) in [6, 6.07) is 8.01. The highest BCUT2D eigenvalue weighted by Gasteiger charge is 1.88. The van der Waals surface area contributed by atoms with Crippen molar-refractivity contribution in [3.05, 3.63) is 30.5 Å². The molecule has 4 radical (unpaired) electrons. The topological polar surface area (TPSA) is 28.7 Å². The lowest BCUT2D eigenvalue weighted by atomic mass is 10.3. The zero-order valence-corrected chi connectivity index (χ0v) is 6.33. The van der Waals surface area contributed by atoms with Crippen molar-refractivity contribution in [1.82, 2.24) is 10.2 Å². The van der Waals surface area contributed by atoms with Crippen LogP contribution in [0.4, 0.5) is 0 Å². The molecule has 1 N–H and O–H groups in total. The maximum Gasteiger partial charge on any atom is 0.0650 e. The Hall–Kier alpha value is -1.09. The lowest BCUT2D eigenvalue weighted by Gasteiger charge is -1.81. The fraction of sp³-hybridized carbons (Fsp3) is 0. The van der Waals surface area contributed by atoms with Gasteiger partial charge in [0.25, 0.3) is 0 Å². The highest BCUT2D eigenvalue weighted by molar-refractivity contribution is 5.77. The number of rotatable bonds is 0. The number of benzene rings is 1. The number of nitrogens with zero attached hydrogens (tertiary/aromatic N) is 1. The molecule has 0 fully saturated rings. The van der Waals surface area contributed by atoms with Crippen LogP contribution in [0.5, 0.6) is 0 Å². The molecule has 2 rings (SSSR count). The molecule has 2 nitrogen and oxygen atoms in total. The fourth-order valence-corrected chi connectivity index (χ4v) is 0.883. The SMILES string of the molecule is [Si].c1ccc2[nH]ncc2c1. The molecular formula is C7H6N2Si. The molecule has 3 heteroatoms. The average molecular weight is 146 g/mol. The van der Waals surface area contributed by atoms with E-state index < -0.39 is 0 Å². The summed E-state index contributed by atoms with van der Waals surface area (Å²) in [4.78, 5) is 0. The largest absolute Gasteiger partial charge is 0.278 e. The Bertz CT molecular complexity index is 286. The first-order chi connectivity index (χ1) is 4.47. The van der Waals surface area contributed by atoms with Crippen LogP contribution in [-0.4, -0.2) is 21.2 Å². The number of H-pyrrole nitrogens is 1. The first-order valence-corrected chi connectivity index (χ1v) is 2.85. The lowest BCUT2D eigenvalue weighted by Crippen LogP contribution is -1.63. The first kappa shape index (κ1) is 7.02. The number of para-hydroxylation sites is 1. The van der Waals surface area contributed by atoms with Gasteiger partial charge >= 0.3 is 0 Å². The number of aromatic amines is 1. The third-order valence-electron chi connectivity index (χ3n) is 1.35. The van der Waals surface area contributed by atoms with Gasteiger partial charge in [-0.05, 0) is 6.07 Å². The Morgan fingerprint density at radius 1 is 1.20 bits per heavy atom. The van der Waals surface area contributed by atoms with Crippen LogP contribution in [-0.2, 0) is 0 Å². The zero-order chi connectivity index (χ0) is 6.10. The molecule has 0 saturated heterocycles. The van der Waals surface area contributed by atoms with E-state index in [1.165, 1.54) is 0 Å². The van der Waals surface area contributed by atoms with Gasteiger partial charge in [0.05, 0.1) is 11.7 Å². The quantitative estimate of drug-likeness (QED) is 0.555. The van der Waals surface area contributed by atoms with E-state index in [-0.39, 0.29) is 11.0 Å². The number of hydrogen-bond donors (Lipinski definition) is 1. The van der Waals surface area contributed by atoms with Gasteiger partial charge in [0.15, 0.2) is 0 Å². The van der Waals surface area contributed by atoms with E-state index in [1.807, 2.05) is 30.5 Å². The van der Waals surface area contributed by atoms with E-state index in [0.717, 1.165) is 10.9 Å². The summed E-state index contributed by atoms with van der Waals surface area (Å²) >= 11 is 0. The maximum atomic E-state index is 3.88. The van der Waals surface area contributed by atoms with E-state index in [2.05, 4.69) is 10.2 Å². The summed E-state index contributed by atoms with van der Waals surface area (Å²) in [5.41, 5.74) is 1.09. The predicted molar refractivity (Wildman–Crippen MR) is 41.8 cm³/mol. The molecular weight excluding hydrogens is 140 g/mol. The van der Waals surface area contributed by atoms with Crippen molar-refractivity contribution in [2.45, 2.75) is 0 Å². The first-order valence-electron chi connectivity index (χ1n) is 2.85. The molecule has 1 aromatic carbocycles. The van der Waals surface area contributed by atoms with E-state index in [9.17, 15) is 0 Å². The Morgan fingerprint density at radius 2 is 2.00 bits per heavy atom. The second-order valence-electron chi connectivity index (χ2n) is 1.96. The minimum absolute atomic E-state index is 0. The summed E-state index contributed by atoms with van der Waals surface area (Å²) in [6.07, 6.45) is 1.81. The molecule has 0 aliphatic heterocycles. The standard InChI is InChI=1S/C7H6N2.Si/c1-2-4-7-6(3-1)5-8-9-7;/h1-5H,(H,8,9);. The summed E-state index contributed by atoms with van der Waals surface area (Å²) in [5.74, 6) is 0. The number of hydrogen-bond acceptors (Lipinski definition) is 1. The van der Waals surface area contributed by atoms with Gasteiger partial charge in [-0.3, -0.25) is 5.10 Å². The Labute approximate surface area is 63.3 Å². The molecule has 0 saturated carbocycles. The van der Waals surface area contributed by atoms with Gasteiger partial charge in [0, 0.05) is 16.4 Å². The smallest absolute Gasteiger partial charge is 0.0650 e. The van der Waals surface area contributed by atoms with Crippen molar-refractivity contribution in [2.75, 3.05) is 0 Å². The molecule has 0 spiro atoms. The fourth-order valence-electron chi connectivity index (χ4n) is 0.883. The van der Waals surface area contributed by atoms with Gasteiger partial charge in [-0.15, -0.1) is 0 Å². The number of nitrogens with one attached hydrogen (secondary N) is 1. The lowest BCUT2D eigenvalue weighted by molar-refractivity contribution is 1.12. The van der Waals surface area contributed by atoms with Gasteiger partial charge in [-0.1, -0.05) is 18.2 Å². The van der Waals surface area contributed by atoms with Crippen LogP contribution < -0.4 is 0 Å². The van der Waals surface area contributed by atoms with Crippen LogP contribution in [0, 0.1) is 0 Å². The van der Waals surface area contributed by atoms with Gasteiger partial charge < -0.3 is 0 Å². The molecule has 10 heavy (non-hydrogen) atoms. The summed E-state index contributed by atoms with van der Waals surface area (Å²) in [7, 11) is 0. The highest BCUT2D eigenvalue weighted by Crippen LogP contribution is 2.06. The van der Waals surface area contributed by atoms with Crippen LogP contribution in [0.2, 0.25) is 0 Å². The van der Waals surface area contributed by atoms with E-state index in [1.54, 1.807) is 0 Å². The molecule has 0 atom stereocenters. The Balaban J connectivity index is 0.000000500. The second kappa shape index (κ2) is 2.66. The van der Waals surface area contributed by atoms with Gasteiger partial charge in [-0.25, -0.2) is 0 Å². The molecule has 1 aromatic heterocycles. The maximum absolute atomic E-state index is 3.88. The third-order valence-corrected chi connectivity index (χ3v) is 1.35. The van der Waals surface area contributed by atoms with Crippen molar-refractivity contribution in [1.29, 1.82) is 0 Å². The molecule has 0 amide bonds. The van der Waals surface area contributed by atoms with Crippen LogP contribution in [0.3, 0.4) is 0 Å². The van der Waals surface area contributed by atoms with Crippen molar-refractivity contribution >= 4 is 21.9 Å². The average Bonchev–Trinajstić information content (AvgIpc) is 2.33. The summed E-state index contributed by atoms with van der Waals surface area (Å²) < 4.78 is 0. The highest BCUT2D eigenvalue weighted by atomic mass is 28.1. The summed E-state index contributed by atoms with van der Waals surface area (Å²) in [6.45, 7) is 0. The molecule has 0 aliphatic rings. The van der Waals surface area contributed by atoms with E-state index >= 15 is 0 Å². The molecule has 0 aliphatic carbocycles. The van der Waals surface area contributed by atoms with Crippen molar-refractivity contribution in [3.8, 4) is 0 Å². The minimum atomic E-state index is 0. The minimum Gasteiger partial charge on any atom is -0.278 e. The number of aromatic nitrogens is 2. The molecule has 0 unspecified atom stereocenters. The molecule has 1 heterocycles. The Kier molecular flexibility index (Phi) is 1.87. The third kappa shape index (κ3) is 0.952. The van der Waals surface area contributed by atoms with Gasteiger partial charge in [0.1, 0.15) is 0 Å². The van der Waals surface area contributed by atoms with Crippen molar-refractivity contribution < 1.29 is 0 Å². The van der Waals surface area contributed by atoms with Crippen LogP contribution in [0.15, 0.2) is 30.5 Å². The van der Waals surface area contributed by atoms with Crippen LogP contribution >= 0.6 is 0 Å². The Morgan fingerprint density at radius 3 is 2.80 bits per heavy atom. The summed E-state index contributed by atoms with van der Waals surface area (Å²) in [5, 5.41) is 7.91.